The summed E-state index contributed by atoms with van der Waals surface area (Å²) in [5, 5.41) is 6.96. The van der Waals surface area contributed by atoms with E-state index in [1.165, 1.54) is 15.9 Å². The average molecular weight is 471 g/mol. The zero-order valence-corrected chi connectivity index (χ0v) is 19.0. The number of rotatable bonds is 9. The fourth-order valence-corrected chi connectivity index (χ4v) is 8.00. The standard InChI is InChI=1S/C24H27N2OP.BrH/c25-18-19-26-24(27)17-10-20-28(21-11-4-1-5-12-21,22-13-6-2-7-14-22)23-15-8-3-9-16-23;/h1-9,11-16H,10,17-20,25H2;1H. The first-order valence-corrected chi connectivity index (χ1v) is 11.8. The SMILES string of the molecule is NCCNC(=O)CCC[P+](c1ccccc1)(c1ccccc1)c1ccccc1.[Br-]. The van der Waals surface area contributed by atoms with E-state index < -0.39 is 7.26 Å². The second kappa shape index (κ2) is 11.9. The molecule has 0 aliphatic heterocycles. The van der Waals surface area contributed by atoms with Gasteiger partial charge in [0.2, 0.25) is 5.91 Å². The fraction of sp³-hybridized carbons (Fsp3) is 0.208. The number of halogens is 1. The number of carbonyl (C=O) groups excluding carboxylic acids is 1. The third-order valence-corrected chi connectivity index (χ3v) is 9.48. The van der Waals surface area contributed by atoms with E-state index in [0.717, 1.165) is 12.6 Å². The summed E-state index contributed by atoms with van der Waals surface area (Å²) in [4.78, 5) is 12.1. The van der Waals surface area contributed by atoms with Gasteiger partial charge in [-0.05, 0) is 42.8 Å². The van der Waals surface area contributed by atoms with Gasteiger partial charge in [0.05, 0.1) is 6.16 Å². The smallest absolute Gasteiger partial charge is 0.220 e. The van der Waals surface area contributed by atoms with E-state index in [0.29, 0.717) is 19.5 Å². The van der Waals surface area contributed by atoms with E-state index in [4.69, 9.17) is 5.73 Å². The number of nitrogens with two attached hydrogens (primary N) is 1. The fourth-order valence-electron chi connectivity index (χ4n) is 3.66. The minimum absolute atomic E-state index is 0. The quantitative estimate of drug-likeness (QED) is 0.427. The summed E-state index contributed by atoms with van der Waals surface area (Å²) in [6.45, 7) is 1.01. The molecule has 152 valence electrons. The molecule has 0 spiro atoms. The van der Waals surface area contributed by atoms with Crippen molar-refractivity contribution in [3.63, 3.8) is 0 Å². The van der Waals surface area contributed by atoms with E-state index in [9.17, 15) is 4.79 Å². The Kier molecular flexibility index (Phi) is 9.53. The Morgan fingerprint density at radius 1 is 0.759 bits per heavy atom. The second-order valence-electron chi connectivity index (χ2n) is 6.78. The Labute approximate surface area is 184 Å². The molecule has 0 aliphatic rings. The Hall–Kier alpha value is -2.00. The maximum atomic E-state index is 12.1. The van der Waals surface area contributed by atoms with Crippen molar-refractivity contribution >= 4 is 29.1 Å². The molecule has 3 aromatic rings. The Morgan fingerprint density at radius 3 is 1.55 bits per heavy atom. The van der Waals surface area contributed by atoms with Crippen LogP contribution in [0.3, 0.4) is 0 Å². The Bertz CT molecular complexity index is 763. The molecule has 5 heteroatoms. The molecule has 0 atom stereocenters. The van der Waals surface area contributed by atoms with Crippen molar-refractivity contribution in [2.45, 2.75) is 12.8 Å². The number of hydrogen-bond donors (Lipinski definition) is 2. The summed E-state index contributed by atoms with van der Waals surface area (Å²) in [5.41, 5.74) is 5.49. The molecule has 1 amide bonds. The molecule has 3 N–H and O–H groups in total. The van der Waals surface area contributed by atoms with Crippen molar-refractivity contribution in [3.8, 4) is 0 Å². The predicted octanol–water partition coefficient (Wildman–Crippen LogP) is -0.160. The summed E-state index contributed by atoms with van der Waals surface area (Å²) in [7, 11) is -1.84. The zero-order valence-electron chi connectivity index (χ0n) is 16.5. The number of carbonyl (C=O) groups is 1. The van der Waals surface area contributed by atoms with Crippen LogP contribution >= 0.6 is 7.26 Å². The van der Waals surface area contributed by atoms with Crippen LogP contribution in [-0.4, -0.2) is 25.2 Å². The molecule has 0 aliphatic carbocycles. The molecule has 3 aromatic carbocycles. The first kappa shape index (κ1) is 23.3. The van der Waals surface area contributed by atoms with Crippen LogP contribution in [0.1, 0.15) is 12.8 Å². The van der Waals surface area contributed by atoms with Gasteiger partial charge >= 0.3 is 0 Å². The van der Waals surface area contributed by atoms with Crippen LogP contribution in [0.25, 0.3) is 0 Å². The molecule has 29 heavy (non-hydrogen) atoms. The minimum Gasteiger partial charge on any atom is -1.00 e. The molecule has 0 heterocycles. The van der Waals surface area contributed by atoms with Crippen LogP contribution in [0.2, 0.25) is 0 Å². The first-order chi connectivity index (χ1) is 13.8. The molecule has 3 rings (SSSR count). The van der Waals surface area contributed by atoms with Crippen LogP contribution in [0, 0.1) is 0 Å². The van der Waals surface area contributed by atoms with Crippen molar-refractivity contribution in [3.05, 3.63) is 91.0 Å². The van der Waals surface area contributed by atoms with Gasteiger partial charge in [-0.1, -0.05) is 54.6 Å². The molecule has 3 nitrogen and oxygen atoms in total. The molecule has 0 aromatic heterocycles. The lowest BCUT2D eigenvalue weighted by atomic mass is 10.3. The summed E-state index contributed by atoms with van der Waals surface area (Å²) >= 11 is 0. The lowest BCUT2D eigenvalue weighted by molar-refractivity contribution is -0.121. The summed E-state index contributed by atoms with van der Waals surface area (Å²) in [5.74, 6) is 0.0812. The Balaban J connectivity index is 0.00000300. The van der Waals surface area contributed by atoms with Crippen molar-refractivity contribution < 1.29 is 21.8 Å². The summed E-state index contributed by atoms with van der Waals surface area (Å²) in [6, 6.07) is 32.3. The molecular formula is C24H28BrN2OP. The molecule has 0 saturated heterocycles. The van der Waals surface area contributed by atoms with Gasteiger partial charge in [-0.25, -0.2) is 0 Å². The maximum absolute atomic E-state index is 12.1. The third-order valence-electron chi connectivity index (χ3n) is 4.95. The van der Waals surface area contributed by atoms with Crippen LogP contribution in [-0.2, 0) is 4.79 Å². The first-order valence-electron chi connectivity index (χ1n) is 9.79. The van der Waals surface area contributed by atoms with Crippen LogP contribution < -0.4 is 43.9 Å². The summed E-state index contributed by atoms with van der Waals surface area (Å²) in [6.07, 6.45) is 2.32. The molecule has 0 radical (unpaired) electrons. The van der Waals surface area contributed by atoms with Crippen molar-refractivity contribution in [2.24, 2.45) is 5.73 Å². The minimum atomic E-state index is -1.84. The van der Waals surface area contributed by atoms with E-state index in [-0.39, 0.29) is 22.9 Å². The highest BCUT2D eigenvalue weighted by Crippen LogP contribution is 2.55. The molecular weight excluding hydrogens is 443 g/mol. The average Bonchev–Trinajstić information content (AvgIpc) is 2.77. The maximum Gasteiger partial charge on any atom is 0.220 e. The van der Waals surface area contributed by atoms with E-state index in [1.807, 2.05) is 0 Å². The van der Waals surface area contributed by atoms with Crippen molar-refractivity contribution in [2.75, 3.05) is 19.3 Å². The topological polar surface area (TPSA) is 55.1 Å². The zero-order chi connectivity index (χ0) is 19.7. The predicted molar refractivity (Wildman–Crippen MR) is 121 cm³/mol. The van der Waals surface area contributed by atoms with Gasteiger partial charge in [-0.3, -0.25) is 4.79 Å². The number of benzene rings is 3. The van der Waals surface area contributed by atoms with Gasteiger partial charge in [0.1, 0.15) is 23.2 Å². The van der Waals surface area contributed by atoms with Gasteiger partial charge in [-0.15, -0.1) is 0 Å². The lowest BCUT2D eigenvalue weighted by Crippen LogP contribution is -3.00. The second-order valence-corrected chi connectivity index (χ2v) is 10.4. The largest absolute Gasteiger partial charge is 1.00 e. The highest BCUT2D eigenvalue weighted by atomic mass is 79.9. The van der Waals surface area contributed by atoms with E-state index >= 15 is 0 Å². The van der Waals surface area contributed by atoms with Gasteiger partial charge in [0.15, 0.2) is 0 Å². The van der Waals surface area contributed by atoms with Crippen molar-refractivity contribution in [1.82, 2.24) is 5.32 Å². The molecule has 0 fully saturated rings. The van der Waals surface area contributed by atoms with Gasteiger partial charge in [0.25, 0.3) is 0 Å². The monoisotopic (exact) mass is 470 g/mol. The third kappa shape index (κ3) is 5.76. The summed E-state index contributed by atoms with van der Waals surface area (Å²) < 4.78 is 0. The molecule has 0 unspecified atom stereocenters. The van der Waals surface area contributed by atoms with Gasteiger partial charge in [0, 0.05) is 19.5 Å². The molecule has 0 bridgehead atoms. The Morgan fingerprint density at radius 2 is 1.17 bits per heavy atom. The van der Waals surface area contributed by atoms with Crippen LogP contribution in [0.5, 0.6) is 0 Å². The highest BCUT2D eigenvalue weighted by molar-refractivity contribution is 7.95. The number of hydrogen-bond acceptors (Lipinski definition) is 2. The number of nitrogens with one attached hydrogen (secondary N) is 1. The van der Waals surface area contributed by atoms with Gasteiger partial charge in [-0.2, -0.15) is 0 Å². The lowest BCUT2D eigenvalue weighted by Gasteiger charge is -2.27. The molecule has 0 saturated carbocycles. The van der Waals surface area contributed by atoms with E-state index in [2.05, 4.69) is 96.3 Å². The number of amides is 1. The highest BCUT2D eigenvalue weighted by Gasteiger charge is 2.44. The van der Waals surface area contributed by atoms with Crippen LogP contribution in [0.15, 0.2) is 91.0 Å². The normalized spacial score (nSPS) is 10.8. The van der Waals surface area contributed by atoms with Crippen molar-refractivity contribution in [1.29, 1.82) is 0 Å². The van der Waals surface area contributed by atoms with E-state index in [1.54, 1.807) is 0 Å². The van der Waals surface area contributed by atoms with Crippen LogP contribution in [0.4, 0.5) is 0 Å². The van der Waals surface area contributed by atoms with Gasteiger partial charge < -0.3 is 28.0 Å².